The minimum absolute atomic E-state index is 0.0807. The molecule has 162 valence electrons. The van der Waals surface area contributed by atoms with Crippen LogP contribution in [0, 0.1) is 20.7 Å². The third kappa shape index (κ3) is 6.22. The van der Waals surface area contributed by atoms with Gasteiger partial charge in [-0.15, -0.1) is 0 Å². The predicted molar refractivity (Wildman–Crippen MR) is 130 cm³/mol. The van der Waals surface area contributed by atoms with Gasteiger partial charge in [0.05, 0.1) is 10.7 Å². The average Bonchev–Trinajstić information content (AvgIpc) is 2.77. The number of nitriles is 1. The quantitative estimate of drug-likeness (QED) is 0.211. The summed E-state index contributed by atoms with van der Waals surface area (Å²) in [6.07, 6.45) is 1.47. The van der Waals surface area contributed by atoms with E-state index < -0.39 is 5.91 Å². The third-order valence-electron chi connectivity index (χ3n) is 4.31. The maximum atomic E-state index is 13.1. The molecule has 0 aliphatic rings. The van der Waals surface area contributed by atoms with Gasteiger partial charge in [-0.25, -0.2) is 4.39 Å². The summed E-state index contributed by atoms with van der Waals surface area (Å²) >= 11 is 8.02. The number of carbonyl (C=O) groups excluding carboxylic acids is 1. The molecular formula is C24H17ClFIN2O3. The lowest BCUT2D eigenvalue weighted by atomic mass is 10.1. The molecule has 3 aromatic carbocycles. The first kappa shape index (κ1) is 23.6. The number of carbonyl (C=O) groups is 1. The Morgan fingerprint density at radius 3 is 2.62 bits per heavy atom. The van der Waals surface area contributed by atoms with Gasteiger partial charge in [-0.2, -0.15) is 5.26 Å². The number of anilines is 1. The fourth-order valence-electron chi connectivity index (χ4n) is 2.78. The van der Waals surface area contributed by atoms with Crippen LogP contribution >= 0.6 is 34.2 Å². The molecule has 5 nitrogen and oxygen atoms in total. The topological polar surface area (TPSA) is 71.3 Å². The number of methoxy groups -OCH3 is 1. The van der Waals surface area contributed by atoms with Crippen LogP contribution in [0.25, 0.3) is 6.08 Å². The summed E-state index contributed by atoms with van der Waals surface area (Å²) in [6, 6.07) is 18.0. The lowest BCUT2D eigenvalue weighted by molar-refractivity contribution is -0.112. The molecule has 0 fully saturated rings. The van der Waals surface area contributed by atoms with E-state index in [-0.39, 0.29) is 18.0 Å². The van der Waals surface area contributed by atoms with Gasteiger partial charge >= 0.3 is 0 Å². The van der Waals surface area contributed by atoms with Crippen LogP contribution in [0.15, 0.2) is 66.2 Å². The smallest absolute Gasteiger partial charge is 0.266 e. The van der Waals surface area contributed by atoms with Crippen LogP contribution in [0.2, 0.25) is 5.02 Å². The highest BCUT2D eigenvalue weighted by atomic mass is 127. The van der Waals surface area contributed by atoms with Gasteiger partial charge in [-0.3, -0.25) is 4.79 Å². The number of benzene rings is 3. The molecule has 0 aliphatic carbocycles. The molecule has 0 bridgehead atoms. The van der Waals surface area contributed by atoms with Crippen molar-refractivity contribution in [3.05, 3.63) is 91.8 Å². The van der Waals surface area contributed by atoms with Crippen LogP contribution in [0.1, 0.15) is 11.1 Å². The molecule has 0 saturated carbocycles. The average molecular weight is 563 g/mol. The summed E-state index contributed by atoms with van der Waals surface area (Å²) in [4.78, 5) is 12.5. The second-order valence-corrected chi connectivity index (χ2v) is 8.18. The van der Waals surface area contributed by atoms with Crippen molar-refractivity contribution in [2.24, 2.45) is 0 Å². The van der Waals surface area contributed by atoms with E-state index in [1.165, 1.54) is 25.3 Å². The Bertz CT molecular complexity index is 1210. The Morgan fingerprint density at radius 1 is 1.22 bits per heavy atom. The maximum absolute atomic E-state index is 13.1. The third-order valence-corrected chi connectivity index (χ3v) is 5.34. The second-order valence-electron chi connectivity index (χ2n) is 6.58. The molecule has 3 aromatic rings. The molecule has 0 heterocycles. The van der Waals surface area contributed by atoms with Crippen molar-refractivity contribution in [3.63, 3.8) is 0 Å². The molecule has 8 heteroatoms. The molecule has 0 saturated heterocycles. The second kappa shape index (κ2) is 11.0. The summed E-state index contributed by atoms with van der Waals surface area (Å²) < 4.78 is 25.1. The lowest BCUT2D eigenvalue weighted by Crippen LogP contribution is -2.13. The molecule has 0 radical (unpaired) electrons. The van der Waals surface area contributed by atoms with E-state index in [2.05, 4.69) is 27.9 Å². The molecule has 0 aliphatic heterocycles. The summed E-state index contributed by atoms with van der Waals surface area (Å²) in [5.74, 6) is 0.0828. The number of ether oxygens (including phenoxy) is 2. The van der Waals surface area contributed by atoms with Gasteiger partial charge in [0.15, 0.2) is 11.5 Å². The Kier molecular flexibility index (Phi) is 8.09. The van der Waals surface area contributed by atoms with Crippen molar-refractivity contribution < 1.29 is 18.7 Å². The standard InChI is InChI=1S/C24H17ClFIN2O3/c1-31-22-11-16(9-17(13-28)24(30)29-20-4-2-3-18(25)12-20)10-21(27)23(22)32-14-15-5-7-19(26)8-6-15/h2-12H,14H2,1H3,(H,29,30)/b17-9+. The maximum Gasteiger partial charge on any atom is 0.266 e. The number of nitrogens with one attached hydrogen (secondary N) is 1. The van der Waals surface area contributed by atoms with Crippen LogP contribution in [0.3, 0.4) is 0 Å². The number of amides is 1. The predicted octanol–water partition coefficient (Wildman–Crippen LogP) is 6.22. The normalized spacial score (nSPS) is 10.9. The summed E-state index contributed by atoms with van der Waals surface area (Å²) in [7, 11) is 1.50. The van der Waals surface area contributed by atoms with Gasteiger partial charge in [-0.05, 0) is 82.3 Å². The zero-order chi connectivity index (χ0) is 23.1. The van der Waals surface area contributed by atoms with Crippen LogP contribution < -0.4 is 14.8 Å². The summed E-state index contributed by atoms with van der Waals surface area (Å²) in [5.41, 5.74) is 1.80. The number of rotatable bonds is 7. The minimum atomic E-state index is -0.555. The number of halogens is 3. The van der Waals surface area contributed by atoms with E-state index in [1.54, 1.807) is 48.5 Å². The first-order valence-corrected chi connectivity index (χ1v) is 10.8. The molecule has 1 amide bonds. The summed E-state index contributed by atoms with van der Waals surface area (Å²) in [6.45, 7) is 0.229. The Hall–Kier alpha value is -3.09. The van der Waals surface area contributed by atoms with Crippen molar-refractivity contribution in [1.82, 2.24) is 0 Å². The van der Waals surface area contributed by atoms with Crippen LogP contribution in [0.5, 0.6) is 11.5 Å². The molecule has 0 atom stereocenters. The van der Waals surface area contributed by atoms with Crippen LogP contribution in [0.4, 0.5) is 10.1 Å². The van der Waals surface area contributed by atoms with Gasteiger partial charge in [0.1, 0.15) is 24.1 Å². The van der Waals surface area contributed by atoms with Crippen LogP contribution in [-0.4, -0.2) is 13.0 Å². The van der Waals surface area contributed by atoms with E-state index >= 15 is 0 Å². The molecule has 0 spiro atoms. The molecule has 0 unspecified atom stereocenters. The Morgan fingerprint density at radius 2 is 1.97 bits per heavy atom. The van der Waals surface area contributed by atoms with E-state index in [4.69, 9.17) is 21.1 Å². The number of hydrogen-bond donors (Lipinski definition) is 1. The highest BCUT2D eigenvalue weighted by Gasteiger charge is 2.14. The van der Waals surface area contributed by atoms with Crippen molar-refractivity contribution in [1.29, 1.82) is 5.26 Å². The molecular weight excluding hydrogens is 546 g/mol. The fraction of sp³-hybridized carbons (Fsp3) is 0.0833. The SMILES string of the molecule is COc1cc(/C=C(\C#N)C(=O)Nc2cccc(Cl)c2)cc(I)c1OCc1ccc(F)cc1. The zero-order valence-corrected chi connectivity index (χ0v) is 19.8. The largest absolute Gasteiger partial charge is 0.493 e. The minimum Gasteiger partial charge on any atom is -0.493 e. The first-order valence-electron chi connectivity index (χ1n) is 9.33. The lowest BCUT2D eigenvalue weighted by Gasteiger charge is -2.14. The highest BCUT2D eigenvalue weighted by Crippen LogP contribution is 2.35. The van der Waals surface area contributed by atoms with Crippen molar-refractivity contribution in [2.45, 2.75) is 6.61 Å². The van der Waals surface area contributed by atoms with Gasteiger partial charge in [0.2, 0.25) is 0 Å². The van der Waals surface area contributed by atoms with Crippen molar-refractivity contribution in [2.75, 3.05) is 12.4 Å². The zero-order valence-electron chi connectivity index (χ0n) is 16.9. The molecule has 3 rings (SSSR count). The monoisotopic (exact) mass is 562 g/mol. The molecule has 1 N–H and O–H groups in total. The first-order chi connectivity index (χ1) is 15.4. The van der Waals surface area contributed by atoms with Gasteiger partial charge < -0.3 is 14.8 Å². The summed E-state index contributed by atoms with van der Waals surface area (Å²) in [5, 5.41) is 12.6. The van der Waals surface area contributed by atoms with Crippen molar-refractivity contribution >= 4 is 51.9 Å². The fourth-order valence-corrected chi connectivity index (χ4v) is 3.75. The van der Waals surface area contributed by atoms with E-state index in [0.29, 0.717) is 27.8 Å². The number of hydrogen-bond acceptors (Lipinski definition) is 4. The molecule has 0 aromatic heterocycles. The van der Waals surface area contributed by atoms with Gasteiger partial charge in [0, 0.05) is 10.7 Å². The van der Waals surface area contributed by atoms with Gasteiger partial charge in [0.25, 0.3) is 5.91 Å². The number of nitrogens with zero attached hydrogens (tertiary/aromatic N) is 1. The Labute approximate surface area is 203 Å². The van der Waals surface area contributed by atoms with E-state index in [9.17, 15) is 14.4 Å². The molecule has 32 heavy (non-hydrogen) atoms. The van der Waals surface area contributed by atoms with E-state index in [1.807, 2.05) is 6.07 Å². The Balaban J connectivity index is 1.81. The van der Waals surface area contributed by atoms with Crippen molar-refractivity contribution in [3.8, 4) is 17.6 Å². The van der Waals surface area contributed by atoms with Gasteiger partial charge in [-0.1, -0.05) is 29.8 Å². The van der Waals surface area contributed by atoms with Crippen LogP contribution in [-0.2, 0) is 11.4 Å². The highest BCUT2D eigenvalue weighted by molar-refractivity contribution is 14.1. The van der Waals surface area contributed by atoms with E-state index in [0.717, 1.165) is 9.13 Å².